The molecule has 0 bridgehead atoms. The van der Waals surface area contributed by atoms with Crippen molar-refractivity contribution in [2.75, 3.05) is 6.54 Å². The summed E-state index contributed by atoms with van der Waals surface area (Å²) in [6.45, 7) is -0.271. The van der Waals surface area contributed by atoms with E-state index in [-0.39, 0.29) is 24.5 Å². The molecule has 7 heteroatoms. The van der Waals surface area contributed by atoms with Crippen LogP contribution in [0.15, 0.2) is 54.6 Å². The number of carboxylic acid groups (broad SMARTS) is 1. The SMILES string of the molecule is O=C(CNC(=O)OCc1ccccc1)Oc1ccc(C(=O)O)cc1. The second-order valence-electron chi connectivity index (χ2n) is 4.72. The van der Waals surface area contributed by atoms with Crippen LogP contribution in [-0.4, -0.2) is 29.7 Å². The summed E-state index contributed by atoms with van der Waals surface area (Å²) in [5.74, 6) is -1.59. The molecule has 2 aromatic carbocycles. The predicted octanol–water partition coefficient (Wildman–Crippen LogP) is 2.22. The Hall–Kier alpha value is -3.35. The first-order chi connectivity index (χ1) is 11.5. The highest BCUT2D eigenvalue weighted by molar-refractivity contribution is 5.87. The van der Waals surface area contributed by atoms with Crippen LogP contribution in [0.2, 0.25) is 0 Å². The molecular formula is C17H15NO6. The van der Waals surface area contributed by atoms with Gasteiger partial charge in [0.05, 0.1) is 5.56 Å². The number of amides is 1. The van der Waals surface area contributed by atoms with Crippen molar-refractivity contribution < 1.29 is 29.0 Å². The fourth-order valence-electron chi connectivity index (χ4n) is 1.75. The van der Waals surface area contributed by atoms with Gasteiger partial charge in [-0.1, -0.05) is 30.3 Å². The Kier molecular flexibility index (Phi) is 5.90. The van der Waals surface area contributed by atoms with E-state index in [1.807, 2.05) is 30.3 Å². The first-order valence-electron chi connectivity index (χ1n) is 7.03. The monoisotopic (exact) mass is 329 g/mol. The Morgan fingerprint density at radius 1 is 0.958 bits per heavy atom. The quantitative estimate of drug-likeness (QED) is 0.622. The number of alkyl carbamates (subject to hydrolysis) is 1. The number of hydrogen-bond donors (Lipinski definition) is 2. The van der Waals surface area contributed by atoms with Crippen molar-refractivity contribution in [3.05, 3.63) is 65.7 Å². The van der Waals surface area contributed by atoms with Crippen LogP contribution in [0.1, 0.15) is 15.9 Å². The molecule has 0 radical (unpaired) electrons. The second-order valence-corrected chi connectivity index (χ2v) is 4.72. The van der Waals surface area contributed by atoms with Crippen molar-refractivity contribution in [3.8, 4) is 5.75 Å². The van der Waals surface area contributed by atoms with E-state index in [2.05, 4.69) is 5.32 Å². The number of ether oxygens (including phenoxy) is 2. The lowest BCUT2D eigenvalue weighted by Crippen LogP contribution is -2.32. The number of carbonyl (C=O) groups excluding carboxylic acids is 2. The summed E-state index contributed by atoms with van der Waals surface area (Å²) in [6, 6.07) is 14.4. The average Bonchev–Trinajstić information content (AvgIpc) is 2.59. The van der Waals surface area contributed by atoms with Crippen LogP contribution in [0.4, 0.5) is 4.79 Å². The number of rotatable bonds is 6. The van der Waals surface area contributed by atoms with Crippen molar-refractivity contribution in [2.24, 2.45) is 0 Å². The normalized spacial score (nSPS) is 9.83. The van der Waals surface area contributed by atoms with Gasteiger partial charge in [-0.05, 0) is 29.8 Å². The molecule has 1 amide bonds. The Morgan fingerprint density at radius 2 is 1.62 bits per heavy atom. The van der Waals surface area contributed by atoms with Gasteiger partial charge in [-0.2, -0.15) is 0 Å². The minimum Gasteiger partial charge on any atom is -0.478 e. The molecular weight excluding hydrogens is 314 g/mol. The van der Waals surface area contributed by atoms with Crippen molar-refractivity contribution in [1.82, 2.24) is 5.32 Å². The average molecular weight is 329 g/mol. The van der Waals surface area contributed by atoms with Crippen LogP contribution >= 0.6 is 0 Å². The van der Waals surface area contributed by atoms with Crippen LogP contribution in [0.3, 0.4) is 0 Å². The molecule has 0 spiro atoms. The van der Waals surface area contributed by atoms with Gasteiger partial charge < -0.3 is 19.9 Å². The molecule has 0 saturated carbocycles. The van der Waals surface area contributed by atoms with E-state index in [0.29, 0.717) is 0 Å². The van der Waals surface area contributed by atoms with E-state index < -0.39 is 18.0 Å². The van der Waals surface area contributed by atoms with Gasteiger partial charge in [-0.15, -0.1) is 0 Å². The summed E-state index contributed by atoms with van der Waals surface area (Å²) in [6.07, 6.45) is -0.739. The smallest absolute Gasteiger partial charge is 0.407 e. The van der Waals surface area contributed by atoms with E-state index in [4.69, 9.17) is 14.6 Å². The Labute approximate surface area is 137 Å². The molecule has 0 fully saturated rings. The van der Waals surface area contributed by atoms with E-state index in [9.17, 15) is 14.4 Å². The number of benzene rings is 2. The number of esters is 1. The molecule has 0 aliphatic heterocycles. The molecule has 2 aromatic rings. The lowest BCUT2D eigenvalue weighted by molar-refractivity contribution is -0.133. The van der Waals surface area contributed by atoms with Gasteiger partial charge in [0, 0.05) is 0 Å². The van der Waals surface area contributed by atoms with Crippen LogP contribution < -0.4 is 10.1 Å². The third-order valence-electron chi connectivity index (χ3n) is 2.92. The lowest BCUT2D eigenvalue weighted by Gasteiger charge is -2.07. The maximum absolute atomic E-state index is 11.6. The molecule has 0 heterocycles. The number of carboxylic acids is 1. The number of aromatic carboxylic acids is 1. The fourth-order valence-corrected chi connectivity index (χ4v) is 1.75. The van der Waals surface area contributed by atoms with Crippen LogP contribution in [-0.2, 0) is 16.1 Å². The van der Waals surface area contributed by atoms with Gasteiger partial charge in [-0.25, -0.2) is 14.4 Å². The Bertz CT molecular complexity index is 712. The van der Waals surface area contributed by atoms with Gasteiger partial charge in [-0.3, -0.25) is 0 Å². The molecule has 0 unspecified atom stereocenters. The summed E-state index contributed by atoms with van der Waals surface area (Å²) >= 11 is 0. The summed E-state index contributed by atoms with van der Waals surface area (Å²) in [7, 11) is 0. The van der Waals surface area contributed by atoms with Gasteiger partial charge in [0.1, 0.15) is 18.9 Å². The minimum absolute atomic E-state index is 0.0809. The summed E-state index contributed by atoms with van der Waals surface area (Å²) in [5.41, 5.74) is 0.908. The largest absolute Gasteiger partial charge is 0.478 e. The first kappa shape index (κ1) is 17.0. The maximum atomic E-state index is 11.6. The third kappa shape index (κ3) is 5.45. The number of hydrogen-bond acceptors (Lipinski definition) is 5. The summed E-state index contributed by atoms with van der Waals surface area (Å²) in [4.78, 5) is 33.8. The van der Waals surface area contributed by atoms with Gasteiger partial charge in [0.15, 0.2) is 0 Å². The third-order valence-corrected chi connectivity index (χ3v) is 2.92. The topological polar surface area (TPSA) is 102 Å². The maximum Gasteiger partial charge on any atom is 0.407 e. The van der Waals surface area contributed by atoms with E-state index >= 15 is 0 Å². The van der Waals surface area contributed by atoms with Gasteiger partial charge in [0.2, 0.25) is 0 Å². The van der Waals surface area contributed by atoms with Crippen molar-refractivity contribution in [2.45, 2.75) is 6.61 Å². The molecule has 2 rings (SSSR count). The van der Waals surface area contributed by atoms with Crippen molar-refractivity contribution in [3.63, 3.8) is 0 Å². The van der Waals surface area contributed by atoms with Crippen molar-refractivity contribution in [1.29, 1.82) is 0 Å². The van der Waals surface area contributed by atoms with E-state index in [1.165, 1.54) is 24.3 Å². The zero-order chi connectivity index (χ0) is 17.4. The van der Waals surface area contributed by atoms with Crippen LogP contribution in [0.25, 0.3) is 0 Å². The molecule has 0 saturated heterocycles. The summed E-state index contributed by atoms with van der Waals surface area (Å²) in [5, 5.41) is 11.0. The van der Waals surface area contributed by atoms with Crippen LogP contribution in [0, 0.1) is 0 Å². The molecule has 2 N–H and O–H groups in total. The highest BCUT2D eigenvalue weighted by Crippen LogP contribution is 2.12. The molecule has 7 nitrogen and oxygen atoms in total. The van der Waals surface area contributed by atoms with E-state index in [0.717, 1.165) is 5.56 Å². The number of nitrogens with one attached hydrogen (secondary N) is 1. The minimum atomic E-state index is -1.07. The van der Waals surface area contributed by atoms with Crippen molar-refractivity contribution >= 4 is 18.0 Å². The first-order valence-corrected chi connectivity index (χ1v) is 7.03. The molecule has 0 atom stereocenters. The molecule has 24 heavy (non-hydrogen) atoms. The standard InChI is InChI=1S/C17H15NO6/c19-15(24-14-8-6-13(7-9-14)16(20)21)10-18-17(22)23-11-12-4-2-1-3-5-12/h1-9H,10-11H2,(H,18,22)(H,20,21). The lowest BCUT2D eigenvalue weighted by atomic mass is 10.2. The Balaban J connectivity index is 1.72. The van der Waals surface area contributed by atoms with Gasteiger partial charge in [0.25, 0.3) is 0 Å². The molecule has 0 aliphatic rings. The molecule has 0 aliphatic carbocycles. The predicted molar refractivity (Wildman–Crippen MR) is 83.7 cm³/mol. The Morgan fingerprint density at radius 3 is 2.25 bits per heavy atom. The van der Waals surface area contributed by atoms with Crippen LogP contribution in [0.5, 0.6) is 5.75 Å². The number of carbonyl (C=O) groups is 3. The zero-order valence-corrected chi connectivity index (χ0v) is 12.6. The second kappa shape index (κ2) is 8.33. The highest BCUT2D eigenvalue weighted by atomic mass is 16.6. The molecule has 0 aromatic heterocycles. The summed E-state index contributed by atoms with van der Waals surface area (Å²) < 4.78 is 9.91. The van der Waals surface area contributed by atoms with E-state index in [1.54, 1.807) is 0 Å². The fraction of sp³-hybridized carbons (Fsp3) is 0.118. The zero-order valence-electron chi connectivity index (χ0n) is 12.6. The highest BCUT2D eigenvalue weighted by Gasteiger charge is 2.09. The molecule has 124 valence electrons. The van der Waals surface area contributed by atoms with Gasteiger partial charge >= 0.3 is 18.0 Å².